The molecule has 1 saturated carbocycles. The molecule has 19 heavy (non-hydrogen) atoms. The second kappa shape index (κ2) is 8.54. The lowest BCUT2D eigenvalue weighted by molar-refractivity contribution is -0.139. The van der Waals surface area contributed by atoms with E-state index in [2.05, 4.69) is 18.7 Å². The normalized spacial score (nSPS) is 24.1. The molecule has 0 aromatic heterocycles. The van der Waals surface area contributed by atoms with Crippen molar-refractivity contribution in [3.8, 4) is 0 Å². The first-order valence-electron chi connectivity index (χ1n) is 7.47. The van der Waals surface area contributed by atoms with E-state index in [1.165, 1.54) is 19.3 Å². The molecular weight excluding hydrogens is 242 g/mol. The summed E-state index contributed by atoms with van der Waals surface area (Å²) >= 11 is 0. The Morgan fingerprint density at radius 2 is 2.16 bits per heavy atom. The van der Waals surface area contributed by atoms with Gasteiger partial charge in [-0.25, -0.2) is 0 Å². The lowest BCUT2D eigenvalue weighted by Gasteiger charge is -2.37. The van der Waals surface area contributed by atoms with Crippen LogP contribution in [0.4, 0.5) is 0 Å². The first-order chi connectivity index (χ1) is 9.02. The Bertz CT molecular complexity index is 268. The highest BCUT2D eigenvalue weighted by Crippen LogP contribution is 2.31. The first-order valence-corrected chi connectivity index (χ1v) is 7.47. The fourth-order valence-corrected chi connectivity index (χ4v) is 3.25. The molecule has 1 aliphatic carbocycles. The van der Waals surface area contributed by atoms with Crippen LogP contribution < -0.4 is 0 Å². The van der Waals surface area contributed by atoms with Crippen molar-refractivity contribution in [2.75, 3.05) is 26.8 Å². The van der Waals surface area contributed by atoms with Gasteiger partial charge in [-0.3, -0.25) is 9.69 Å². The molecule has 1 N–H and O–H groups in total. The highest BCUT2D eigenvalue weighted by atomic mass is 16.5. The van der Waals surface area contributed by atoms with Gasteiger partial charge in [0, 0.05) is 19.7 Å². The fourth-order valence-electron chi connectivity index (χ4n) is 3.25. The summed E-state index contributed by atoms with van der Waals surface area (Å²) in [6, 6.07) is 0.420. The van der Waals surface area contributed by atoms with E-state index in [9.17, 15) is 4.79 Å². The largest absolute Gasteiger partial charge is 0.480 e. The maximum atomic E-state index is 11.0. The number of carbonyl (C=O) groups is 1. The summed E-state index contributed by atoms with van der Waals surface area (Å²) in [7, 11) is 1.67. The van der Waals surface area contributed by atoms with Crippen LogP contribution in [-0.2, 0) is 9.53 Å². The van der Waals surface area contributed by atoms with E-state index in [0.717, 1.165) is 31.2 Å². The third-order valence-corrected chi connectivity index (χ3v) is 4.00. The monoisotopic (exact) mass is 271 g/mol. The van der Waals surface area contributed by atoms with Gasteiger partial charge in [-0.1, -0.05) is 26.7 Å². The number of aliphatic carboxylic acids is 1. The third kappa shape index (κ3) is 6.39. The lowest BCUT2D eigenvalue weighted by Crippen LogP contribution is -2.43. The number of methoxy groups -OCH3 is 1. The van der Waals surface area contributed by atoms with Crippen LogP contribution in [0.1, 0.15) is 46.0 Å². The second-order valence-electron chi connectivity index (χ2n) is 6.17. The third-order valence-electron chi connectivity index (χ3n) is 4.00. The molecular formula is C15H29NO3. The van der Waals surface area contributed by atoms with Gasteiger partial charge in [-0.2, -0.15) is 0 Å². The van der Waals surface area contributed by atoms with Crippen molar-refractivity contribution in [2.24, 2.45) is 11.8 Å². The molecule has 0 saturated heterocycles. The van der Waals surface area contributed by atoms with Crippen molar-refractivity contribution >= 4 is 5.97 Å². The Morgan fingerprint density at radius 3 is 2.74 bits per heavy atom. The van der Waals surface area contributed by atoms with E-state index in [1.54, 1.807) is 7.11 Å². The summed E-state index contributed by atoms with van der Waals surface area (Å²) in [5, 5.41) is 9.04. The molecule has 0 aromatic rings. The Morgan fingerprint density at radius 1 is 1.42 bits per heavy atom. The minimum atomic E-state index is -0.734. The van der Waals surface area contributed by atoms with Gasteiger partial charge in [0.15, 0.2) is 0 Å². The van der Waals surface area contributed by atoms with Gasteiger partial charge in [-0.05, 0) is 31.1 Å². The summed E-state index contributed by atoms with van der Waals surface area (Å²) in [5.74, 6) is 0.760. The molecule has 0 aliphatic heterocycles. The average molecular weight is 271 g/mol. The van der Waals surface area contributed by atoms with Gasteiger partial charge in [0.2, 0.25) is 0 Å². The van der Waals surface area contributed by atoms with Gasteiger partial charge in [0.05, 0.1) is 13.2 Å². The lowest BCUT2D eigenvalue weighted by atomic mass is 9.80. The van der Waals surface area contributed by atoms with E-state index < -0.39 is 5.97 Å². The SMILES string of the molecule is COCCN(CC(=O)O)C1CCCC(CC(C)C)C1. The van der Waals surface area contributed by atoms with Crippen LogP contribution in [0.25, 0.3) is 0 Å². The van der Waals surface area contributed by atoms with Crippen LogP contribution in [0, 0.1) is 11.8 Å². The van der Waals surface area contributed by atoms with Crippen molar-refractivity contribution in [3.05, 3.63) is 0 Å². The maximum Gasteiger partial charge on any atom is 0.317 e. The Hall–Kier alpha value is -0.610. The van der Waals surface area contributed by atoms with Gasteiger partial charge in [0.1, 0.15) is 0 Å². The van der Waals surface area contributed by atoms with E-state index in [4.69, 9.17) is 9.84 Å². The zero-order chi connectivity index (χ0) is 14.3. The molecule has 4 heteroatoms. The summed E-state index contributed by atoms with van der Waals surface area (Å²) in [6.07, 6.45) is 6.08. The van der Waals surface area contributed by atoms with E-state index >= 15 is 0 Å². The summed E-state index contributed by atoms with van der Waals surface area (Å²) < 4.78 is 5.10. The number of hydrogen-bond donors (Lipinski definition) is 1. The topological polar surface area (TPSA) is 49.8 Å². The standard InChI is InChI=1S/C15H29NO3/c1-12(2)9-13-5-4-6-14(10-13)16(7-8-19-3)11-15(17)18/h12-14H,4-11H2,1-3H3,(H,17,18). The smallest absolute Gasteiger partial charge is 0.317 e. The number of nitrogens with zero attached hydrogens (tertiary/aromatic N) is 1. The predicted molar refractivity (Wildman–Crippen MR) is 76.3 cm³/mol. The summed E-state index contributed by atoms with van der Waals surface area (Å²) in [4.78, 5) is 13.1. The quantitative estimate of drug-likeness (QED) is 0.737. The fraction of sp³-hybridized carbons (Fsp3) is 0.933. The number of carboxylic acid groups (broad SMARTS) is 1. The Labute approximate surface area is 117 Å². The van der Waals surface area contributed by atoms with Crippen LogP contribution in [-0.4, -0.2) is 48.8 Å². The van der Waals surface area contributed by atoms with Crippen molar-refractivity contribution in [1.29, 1.82) is 0 Å². The summed E-state index contributed by atoms with van der Waals surface area (Å²) in [6.45, 7) is 6.01. The molecule has 0 aromatic carbocycles. The highest BCUT2D eigenvalue weighted by molar-refractivity contribution is 5.69. The number of carboxylic acids is 1. The van der Waals surface area contributed by atoms with Crippen molar-refractivity contribution in [1.82, 2.24) is 4.90 Å². The van der Waals surface area contributed by atoms with Crippen molar-refractivity contribution in [2.45, 2.75) is 52.0 Å². The molecule has 0 heterocycles. The molecule has 0 spiro atoms. The molecule has 2 atom stereocenters. The molecule has 112 valence electrons. The number of rotatable bonds is 8. The molecule has 2 unspecified atom stereocenters. The van der Waals surface area contributed by atoms with E-state index in [0.29, 0.717) is 12.6 Å². The molecule has 0 amide bonds. The molecule has 1 aliphatic rings. The predicted octanol–water partition coefficient (Wildman–Crippen LogP) is 2.62. The number of hydrogen-bond acceptors (Lipinski definition) is 3. The van der Waals surface area contributed by atoms with Crippen LogP contribution in [0.5, 0.6) is 0 Å². The Kier molecular flexibility index (Phi) is 7.39. The van der Waals surface area contributed by atoms with E-state index in [1.807, 2.05) is 0 Å². The van der Waals surface area contributed by atoms with Gasteiger partial charge < -0.3 is 9.84 Å². The van der Waals surface area contributed by atoms with Crippen molar-refractivity contribution < 1.29 is 14.6 Å². The molecule has 0 bridgehead atoms. The van der Waals surface area contributed by atoms with Crippen LogP contribution in [0.15, 0.2) is 0 Å². The zero-order valence-electron chi connectivity index (χ0n) is 12.6. The number of ether oxygens (including phenoxy) is 1. The minimum Gasteiger partial charge on any atom is -0.480 e. The average Bonchev–Trinajstić information content (AvgIpc) is 2.33. The molecule has 4 nitrogen and oxygen atoms in total. The molecule has 1 fully saturated rings. The van der Waals surface area contributed by atoms with Crippen molar-refractivity contribution in [3.63, 3.8) is 0 Å². The van der Waals surface area contributed by atoms with Gasteiger partial charge >= 0.3 is 5.97 Å². The van der Waals surface area contributed by atoms with Gasteiger partial charge in [-0.15, -0.1) is 0 Å². The molecule has 1 rings (SSSR count). The maximum absolute atomic E-state index is 11.0. The summed E-state index contributed by atoms with van der Waals surface area (Å²) in [5.41, 5.74) is 0. The van der Waals surface area contributed by atoms with Gasteiger partial charge in [0.25, 0.3) is 0 Å². The molecule has 0 radical (unpaired) electrons. The first kappa shape index (κ1) is 16.4. The van der Waals surface area contributed by atoms with Crippen LogP contribution in [0.2, 0.25) is 0 Å². The zero-order valence-corrected chi connectivity index (χ0v) is 12.6. The van der Waals surface area contributed by atoms with Crippen LogP contribution >= 0.6 is 0 Å². The minimum absolute atomic E-state index is 0.141. The second-order valence-corrected chi connectivity index (χ2v) is 6.17. The van der Waals surface area contributed by atoms with Crippen LogP contribution in [0.3, 0.4) is 0 Å². The van der Waals surface area contributed by atoms with E-state index in [-0.39, 0.29) is 6.54 Å². The Balaban J connectivity index is 2.53. The highest BCUT2D eigenvalue weighted by Gasteiger charge is 2.27.